The van der Waals surface area contributed by atoms with Gasteiger partial charge in [0.05, 0.1) is 17.7 Å². The van der Waals surface area contributed by atoms with Crippen molar-refractivity contribution in [2.45, 2.75) is 18.4 Å². The highest BCUT2D eigenvalue weighted by atomic mass is 16.5. The van der Waals surface area contributed by atoms with Crippen molar-refractivity contribution in [2.24, 2.45) is 0 Å². The number of aromatic nitrogens is 3. The molecule has 1 aliphatic rings. The van der Waals surface area contributed by atoms with Crippen LogP contribution in [-0.2, 0) is 4.74 Å². The number of ether oxygens (including phenoxy) is 1. The summed E-state index contributed by atoms with van der Waals surface area (Å²) in [6, 6.07) is 8.74. The number of hydrogen-bond acceptors (Lipinski definition) is 5. The fourth-order valence-corrected chi connectivity index (χ4v) is 2.83. The van der Waals surface area contributed by atoms with Gasteiger partial charge in [-0.25, -0.2) is 4.98 Å². The van der Waals surface area contributed by atoms with Crippen LogP contribution in [0.2, 0.25) is 0 Å². The Morgan fingerprint density at radius 2 is 2.43 bits per heavy atom. The molecule has 3 rings (SSSR count). The molecule has 2 aromatic rings. The van der Waals surface area contributed by atoms with Gasteiger partial charge in [0.1, 0.15) is 12.2 Å². The molecule has 1 saturated heterocycles. The Hall–Kier alpha value is -2.72. The minimum Gasteiger partial charge on any atom is -0.376 e. The number of carbonyl (C=O) groups is 1. The highest BCUT2D eigenvalue weighted by molar-refractivity contribution is 5.94. The van der Waals surface area contributed by atoms with Crippen LogP contribution >= 0.6 is 0 Å². The maximum atomic E-state index is 12.5. The van der Waals surface area contributed by atoms with E-state index in [2.05, 4.69) is 15.2 Å². The number of amides is 1. The van der Waals surface area contributed by atoms with Crippen LogP contribution in [0.15, 0.2) is 30.6 Å². The quantitative estimate of drug-likeness (QED) is 0.919. The topological polar surface area (TPSA) is 94.9 Å². The van der Waals surface area contributed by atoms with Crippen molar-refractivity contribution in [1.82, 2.24) is 20.1 Å². The van der Waals surface area contributed by atoms with Crippen molar-refractivity contribution in [1.29, 1.82) is 5.26 Å². The SMILES string of the molecule is CN(C[C@H]1OCC[C@H]1c1ncn[nH]1)C(=O)c1cccc(C#N)c1. The number of aromatic amines is 1. The third kappa shape index (κ3) is 3.22. The van der Waals surface area contributed by atoms with Crippen LogP contribution in [0.4, 0.5) is 0 Å². The Morgan fingerprint density at radius 1 is 1.57 bits per heavy atom. The third-order valence-corrected chi connectivity index (χ3v) is 4.03. The van der Waals surface area contributed by atoms with E-state index in [9.17, 15) is 4.79 Å². The van der Waals surface area contributed by atoms with Crippen molar-refractivity contribution < 1.29 is 9.53 Å². The second-order valence-electron chi connectivity index (χ2n) is 5.55. The lowest BCUT2D eigenvalue weighted by molar-refractivity contribution is 0.0550. The summed E-state index contributed by atoms with van der Waals surface area (Å²) in [5.41, 5.74) is 0.974. The van der Waals surface area contributed by atoms with Gasteiger partial charge in [-0.15, -0.1) is 0 Å². The normalized spacial score (nSPS) is 20.2. The fourth-order valence-electron chi connectivity index (χ4n) is 2.83. The van der Waals surface area contributed by atoms with E-state index in [-0.39, 0.29) is 17.9 Å². The number of H-pyrrole nitrogens is 1. The average Bonchev–Trinajstić information content (AvgIpc) is 3.25. The summed E-state index contributed by atoms with van der Waals surface area (Å²) in [5, 5.41) is 15.7. The molecule has 0 aliphatic carbocycles. The molecule has 1 N–H and O–H groups in total. The van der Waals surface area contributed by atoms with Crippen LogP contribution < -0.4 is 0 Å². The van der Waals surface area contributed by atoms with E-state index in [0.29, 0.717) is 24.3 Å². The predicted octanol–water partition coefficient (Wildman–Crippen LogP) is 1.32. The zero-order chi connectivity index (χ0) is 16.2. The van der Waals surface area contributed by atoms with Crippen molar-refractivity contribution in [3.63, 3.8) is 0 Å². The summed E-state index contributed by atoms with van der Waals surface area (Å²) in [4.78, 5) is 18.3. The van der Waals surface area contributed by atoms with Gasteiger partial charge < -0.3 is 9.64 Å². The van der Waals surface area contributed by atoms with E-state index >= 15 is 0 Å². The van der Waals surface area contributed by atoms with Crippen molar-refractivity contribution in [3.8, 4) is 6.07 Å². The summed E-state index contributed by atoms with van der Waals surface area (Å²) >= 11 is 0. The van der Waals surface area contributed by atoms with Crippen molar-refractivity contribution >= 4 is 5.91 Å². The summed E-state index contributed by atoms with van der Waals surface area (Å²) in [6.07, 6.45) is 2.22. The Labute approximate surface area is 133 Å². The zero-order valence-corrected chi connectivity index (χ0v) is 12.8. The number of likely N-dealkylation sites (N-methyl/N-ethyl adjacent to an activating group) is 1. The van der Waals surface area contributed by atoms with Gasteiger partial charge in [0, 0.05) is 31.7 Å². The number of benzene rings is 1. The fraction of sp³-hybridized carbons (Fsp3) is 0.375. The number of carbonyl (C=O) groups excluding carboxylic acids is 1. The Morgan fingerprint density at radius 3 is 3.17 bits per heavy atom. The number of nitrogens with one attached hydrogen (secondary N) is 1. The molecule has 1 aliphatic heterocycles. The molecule has 1 aromatic heterocycles. The van der Waals surface area contributed by atoms with Gasteiger partial charge in [-0.2, -0.15) is 10.4 Å². The van der Waals surface area contributed by atoms with Crippen LogP contribution in [0.1, 0.15) is 34.1 Å². The van der Waals surface area contributed by atoms with E-state index in [1.54, 1.807) is 36.2 Å². The number of rotatable bonds is 4. The van der Waals surface area contributed by atoms with Crippen LogP contribution in [0.25, 0.3) is 0 Å². The van der Waals surface area contributed by atoms with Crippen LogP contribution in [0.3, 0.4) is 0 Å². The standard InChI is InChI=1S/C16H17N5O2/c1-21(16(22)12-4-2-3-11(7-12)8-17)9-14-13(5-6-23-14)15-18-10-19-20-15/h2-4,7,10,13-14H,5-6,9H2,1H3,(H,18,19,20)/t13-,14-/m1/s1. The van der Waals surface area contributed by atoms with Crippen LogP contribution in [0.5, 0.6) is 0 Å². The first-order valence-corrected chi connectivity index (χ1v) is 7.41. The molecule has 0 bridgehead atoms. The van der Waals surface area contributed by atoms with Gasteiger partial charge in [0.25, 0.3) is 5.91 Å². The van der Waals surface area contributed by atoms with Gasteiger partial charge in [-0.3, -0.25) is 9.89 Å². The van der Waals surface area contributed by atoms with E-state index in [4.69, 9.17) is 10.00 Å². The maximum absolute atomic E-state index is 12.5. The smallest absolute Gasteiger partial charge is 0.253 e. The monoisotopic (exact) mass is 311 g/mol. The molecule has 0 radical (unpaired) electrons. The molecule has 2 heterocycles. The third-order valence-electron chi connectivity index (χ3n) is 4.03. The first-order valence-electron chi connectivity index (χ1n) is 7.41. The Balaban J connectivity index is 1.69. The largest absolute Gasteiger partial charge is 0.376 e. The molecular weight excluding hydrogens is 294 g/mol. The molecule has 118 valence electrons. The van der Waals surface area contributed by atoms with E-state index < -0.39 is 0 Å². The number of hydrogen-bond donors (Lipinski definition) is 1. The Bertz CT molecular complexity index is 722. The molecule has 0 spiro atoms. The van der Waals surface area contributed by atoms with Gasteiger partial charge in [0.2, 0.25) is 0 Å². The second-order valence-corrected chi connectivity index (χ2v) is 5.55. The molecule has 2 atom stereocenters. The molecule has 0 saturated carbocycles. The summed E-state index contributed by atoms with van der Waals surface area (Å²) in [7, 11) is 1.74. The number of nitrogens with zero attached hydrogens (tertiary/aromatic N) is 4. The maximum Gasteiger partial charge on any atom is 0.253 e. The van der Waals surface area contributed by atoms with Crippen molar-refractivity contribution in [3.05, 3.63) is 47.5 Å². The molecule has 1 amide bonds. The zero-order valence-electron chi connectivity index (χ0n) is 12.8. The van der Waals surface area contributed by atoms with Gasteiger partial charge in [0.15, 0.2) is 0 Å². The number of nitriles is 1. The Kier molecular flexibility index (Phi) is 4.35. The minimum absolute atomic E-state index is 0.109. The molecule has 7 heteroatoms. The van der Waals surface area contributed by atoms with Gasteiger partial charge in [-0.1, -0.05) is 6.07 Å². The summed E-state index contributed by atoms with van der Waals surface area (Å²) in [5.74, 6) is 0.770. The molecule has 1 aromatic carbocycles. The van der Waals surface area contributed by atoms with Gasteiger partial charge in [-0.05, 0) is 24.6 Å². The van der Waals surface area contributed by atoms with Crippen LogP contribution in [-0.4, -0.2) is 52.3 Å². The summed E-state index contributed by atoms with van der Waals surface area (Å²) in [6.45, 7) is 1.10. The first kappa shape index (κ1) is 15.2. The molecule has 0 unspecified atom stereocenters. The van der Waals surface area contributed by atoms with Crippen LogP contribution in [0, 0.1) is 11.3 Å². The highest BCUT2D eigenvalue weighted by Crippen LogP contribution is 2.29. The molecule has 23 heavy (non-hydrogen) atoms. The minimum atomic E-state index is -0.131. The molecule has 7 nitrogen and oxygen atoms in total. The lowest BCUT2D eigenvalue weighted by Crippen LogP contribution is -2.36. The van der Waals surface area contributed by atoms with E-state index in [1.807, 2.05) is 6.07 Å². The van der Waals surface area contributed by atoms with Gasteiger partial charge >= 0.3 is 0 Å². The first-order chi connectivity index (χ1) is 11.2. The lowest BCUT2D eigenvalue weighted by Gasteiger charge is -2.24. The predicted molar refractivity (Wildman–Crippen MR) is 81.6 cm³/mol. The van der Waals surface area contributed by atoms with E-state index in [0.717, 1.165) is 12.2 Å². The second kappa shape index (κ2) is 6.58. The lowest BCUT2D eigenvalue weighted by atomic mass is 10.00. The molecular formula is C16H17N5O2. The average molecular weight is 311 g/mol. The molecule has 1 fully saturated rings. The highest BCUT2D eigenvalue weighted by Gasteiger charge is 2.33. The summed E-state index contributed by atoms with van der Waals surface area (Å²) < 4.78 is 5.76. The van der Waals surface area contributed by atoms with Crippen molar-refractivity contribution in [2.75, 3.05) is 20.2 Å². The van der Waals surface area contributed by atoms with E-state index in [1.165, 1.54) is 6.33 Å².